The summed E-state index contributed by atoms with van der Waals surface area (Å²) in [5.74, 6) is -0.827. The van der Waals surface area contributed by atoms with E-state index >= 15 is 0 Å². The third-order valence-electron chi connectivity index (χ3n) is 0.848. The number of hydrogen-bond acceptors (Lipinski definition) is 1. The Kier molecular flexibility index (Phi) is 7.86. The van der Waals surface area contributed by atoms with Crippen molar-refractivity contribution in [1.29, 1.82) is 0 Å². The largest absolute Gasteiger partial charge is 0.478 e. The van der Waals surface area contributed by atoms with Crippen LogP contribution in [0.3, 0.4) is 0 Å². The molecule has 0 fully saturated rings. The van der Waals surface area contributed by atoms with Crippen LogP contribution in [0.4, 0.5) is 0 Å². The van der Waals surface area contributed by atoms with Crippen molar-refractivity contribution in [1.82, 2.24) is 0 Å². The monoisotopic (exact) mass is 162 g/mol. The summed E-state index contributed by atoms with van der Waals surface area (Å²) in [5.41, 5.74) is 0.424. The molecule has 0 bridgehead atoms. The first-order valence-electron chi connectivity index (χ1n) is 2.58. The molecule has 0 aromatic heterocycles. The molecule has 0 saturated heterocycles. The molecular weight excluding hydrogens is 152 g/mol. The molecule has 9 heavy (non-hydrogen) atoms. The Morgan fingerprint density at radius 2 is 2.11 bits per heavy atom. The van der Waals surface area contributed by atoms with Gasteiger partial charge in [-0.05, 0) is 13.3 Å². The zero-order valence-electron chi connectivity index (χ0n) is 5.64. The quantitative estimate of drug-likeness (QED) is 0.492. The first-order chi connectivity index (χ1) is 3.68. The van der Waals surface area contributed by atoms with Crippen LogP contribution >= 0.6 is 0 Å². The molecule has 0 amide bonds. The van der Waals surface area contributed by atoms with Crippen LogP contribution in [-0.2, 0) is 26.5 Å². The van der Waals surface area contributed by atoms with Gasteiger partial charge in [0.1, 0.15) is 0 Å². The molecule has 0 unspecified atom stereocenters. The van der Waals surface area contributed by atoms with Crippen LogP contribution in [0.2, 0.25) is 0 Å². The normalized spacial score (nSPS) is 10.2. The van der Waals surface area contributed by atoms with Gasteiger partial charge in [0, 0.05) is 27.3 Å². The predicted molar refractivity (Wildman–Crippen MR) is 31.7 cm³/mol. The Morgan fingerprint density at radius 1 is 1.67 bits per heavy atom. The Labute approximate surface area is 69.8 Å². The fourth-order valence-electron chi connectivity index (χ4n) is 0.393. The Balaban J connectivity index is 0. The van der Waals surface area contributed by atoms with E-state index in [4.69, 9.17) is 5.11 Å². The maximum Gasteiger partial charge on any atom is 0.330 e. The Morgan fingerprint density at radius 3 is 2.22 bits per heavy atom. The summed E-state index contributed by atoms with van der Waals surface area (Å²) in [6, 6.07) is 0. The molecule has 0 aliphatic carbocycles. The summed E-state index contributed by atoms with van der Waals surface area (Å²) < 4.78 is 0. The maximum absolute atomic E-state index is 10.0. The van der Waals surface area contributed by atoms with E-state index in [2.05, 4.69) is 0 Å². The standard InChI is InChI=1S/C6H10O2.Ti/c1-3-4-5(2)6(7)8;/h4H,3H2,1-2H3,(H,7,8);. The summed E-state index contributed by atoms with van der Waals surface area (Å²) in [6.07, 6.45) is 2.47. The number of carboxylic acids is 1. The van der Waals surface area contributed by atoms with Gasteiger partial charge in [0.2, 0.25) is 0 Å². The summed E-state index contributed by atoms with van der Waals surface area (Å²) in [7, 11) is 0. The van der Waals surface area contributed by atoms with Gasteiger partial charge in [-0.3, -0.25) is 0 Å². The number of hydrogen-bond donors (Lipinski definition) is 1. The number of carboxylic acid groups (broad SMARTS) is 1. The van der Waals surface area contributed by atoms with Crippen molar-refractivity contribution in [3.8, 4) is 0 Å². The molecule has 0 spiro atoms. The molecule has 0 aliphatic heterocycles. The van der Waals surface area contributed by atoms with E-state index in [0.717, 1.165) is 6.42 Å². The van der Waals surface area contributed by atoms with Crippen LogP contribution in [0.25, 0.3) is 0 Å². The molecule has 50 valence electrons. The van der Waals surface area contributed by atoms with Crippen molar-refractivity contribution in [2.24, 2.45) is 0 Å². The first kappa shape index (κ1) is 11.7. The minimum absolute atomic E-state index is 0. The van der Waals surface area contributed by atoms with Crippen molar-refractivity contribution in [2.45, 2.75) is 20.3 Å². The maximum atomic E-state index is 10.0. The van der Waals surface area contributed by atoms with Crippen molar-refractivity contribution >= 4 is 5.97 Å². The minimum Gasteiger partial charge on any atom is -0.478 e. The fourth-order valence-corrected chi connectivity index (χ4v) is 0.393. The van der Waals surface area contributed by atoms with Crippen molar-refractivity contribution in [3.63, 3.8) is 0 Å². The Hall–Kier alpha value is -0.0757. The number of allylic oxidation sites excluding steroid dienone is 1. The van der Waals surface area contributed by atoms with Gasteiger partial charge >= 0.3 is 5.97 Å². The SMILES string of the molecule is CCC=C(C)C(=O)O.[Ti]. The third-order valence-corrected chi connectivity index (χ3v) is 0.848. The first-order valence-corrected chi connectivity index (χ1v) is 2.58. The van der Waals surface area contributed by atoms with Gasteiger partial charge in [-0.25, -0.2) is 4.79 Å². The molecule has 0 atom stereocenters. The molecule has 2 nitrogen and oxygen atoms in total. The third kappa shape index (κ3) is 5.80. The average molecular weight is 162 g/mol. The predicted octanol–water partition coefficient (Wildman–Crippen LogP) is 1.42. The molecule has 0 rings (SSSR count). The van der Waals surface area contributed by atoms with Crippen molar-refractivity contribution in [3.05, 3.63) is 11.6 Å². The second kappa shape index (κ2) is 6.05. The van der Waals surface area contributed by atoms with E-state index in [1.807, 2.05) is 6.92 Å². The van der Waals surface area contributed by atoms with Crippen LogP contribution in [0.1, 0.15) is 20.3 Å². The van der Waals surface area contributed by atoms with E-state index in [1.165, 1.54) is 0 Å². The number of rotatable bonds is 2. The van der Waals surface area contributed by atoms with E-state index in [0.29, 0.717) is 5.57 Å². The van der Waals surface area contributed by atoms with Gasteiger partial charge in [0.15, 0.2) is 0 Å². The molecular formula is C6H10O2Ti. The van der Waals surface area contributed by atoms with Crippen LogP contribution in [0.15, 0.2) is 11.6 Å². The summed E-state index contributed by atoms with van der Waals surface area (Å²) >= 11 is 0. The van der Waals surface area contributed by atoms with E-state index in [9.17, 15) is 4.79 Å². The molecule has 0 saturated carbocycles. The molecule has 1 N–H and O–H groups in total. The van der Waals surface area contributed by atoms with E-state index < -0.39 is 5.97 Å². The Bertz CT molecular complexity index is 118. The van der Waals surface area contributed by atoms with Gasteiger partial charge in [0.05, 0.1) is 0 Å². The van der Waals surface area contributed by atoms with E-state index in [1.54, 1.807) is 13.0 Å². The molecule has 0 aromatic carbocycles. The van der Waals surface area contributed by atoms with Gasteiger partial charge < -0.3 is 5.11 Å². The average Bonchev–Trinajstić information content (AvgIpc) is 1.67. The van der Waals surface area contributed by atoms with Gasteiger partial charge in [-0.1, -0.05) is 13.0 Å². The fraction of sp³-hybridized carbons (Fsp3) is 0.500. The zero-order valence-corrected chi connectivity index (χ0v) is 7.20. The molecule has 0 heterocycles. The second-order valence-electron chi connectivity index (χ2n) is 1.60. The number of carbonyl (C=O) groups is 1. The van der Waals surface area contributed by atoms with Crippen LogP contribution in [0, 0.1) is 0 Å². The van der Waals surface area contributed by atoms with Crippen LogP contribution in [0.5, 0.6) is 0 Å². The van der Waals surface area contributed by atoms with Crippen LogP contribution < -0.4 is 0 Å². The molecule has 0 radical (unpaired) electrons. The molecule has 3 heteroatoms. The van der Waals surface area contributed by atoms with Gasteiger partial charge in [-0.15, -0.1) is 0 Å². The van der Waals surface area contributed by atoms with Crippen molar-refractivity contribution in [2.75, 3.05) is 0 Å². The van der Waals surface area contributed by atoms with E-state index in [-0.39, 0.29) is 21.7 Å². The smallest absolute Gasteiger partial charge is 0.330 e. The summed E-state index contributed by atoms with van der Waals surface area (Å²) in [6.45, 7) is 3.50. The zero-order chi connectivity index (χ0) is 6.57. The van der Waals surface area contributed by atoms with Gasteiger partial charge in [0.25, 0.3) is 0 Å². The molecule has 0 aliphatic rings. The molecule has 0 aromatic rings. The number of aliphatic carboxylic acids is 1. The van der Waals surface area contributed by atoms with Crippen molar-refractivity contribution < 1.29 is 31.6 Å². The summed E-state index contributed by atoms with van der Waals surface area (Å²) in [5, 5.41) is 8.24. The second-order valence-corrected chi connectivity index (χ2v) is 1.60. The minimum atomic E-state index is -0.827. The summed E-state index contributed by atoms with van der Waals surface area (Å²) in [4.78, 5) is 10.0. The van der Waals surface area contributed by atoms with Gasteiger partial charge in [-0.2, -0.15) is 0 Å². The topological polar surface area (TPSA) is 37.3 Å². The van der Waals surface area contributed by atoms with Crippen LogP contribution in [-0.4, -0.2) is 11.1 Å².